The third-order valence-corrected chi connectivity index (χ3v) is 3.10. The van der Waals surface area contributed by atoms with Crippen molar-refractivity contribution in [3.05, 3.63) is 47.7 Å². The molecule has 1 aromatic carbocycles. The van der Waals surface area contributed by atoms with E-state index in [1.54, 1.807) is 12.1 Å². The minimum atomic E-state index is -0.180. The van der Waals surface area contributed by atoms with E-state index >= 15 is 0 Å². The zero-order valence-corrected chi connectivity index (χ0v) is 11.4. The minimum absolute atomic E-state index is 0.180. The molecule has 0 N–H and O–H groups in total. The summed E-state index contributed by atoms with van der Waals surface area (Å²) in [5, 5.41) is 0. The van der Waals surface area contributed by atoms with Gasteiger partial charge in [-0.2, -0.15) is 0 Å². The van der Waals surface area contributed by atoms with Gasteiger partial charge in [-0.3, -0.25) is 4.79 Å². The first-order chi connectivity index (χ1) is 9.57. The first-order valence-corrected chi connectivity index (χ1v) is 6.46. The SMILES string of the molecule is CC1(C)COC(c2cccc(-c3ccc(C=O)o3)c2)=N1. The van der Waals surface area contributed by atoms with Crippen LogP contribution in [0.4, 0.5) is 0 Å². The molecule has 1 aliphatic rings. The molecule has 0 saturated heterocycles. The Labute approximate surface area is 117 Å². The molecule has 2 aromatic rings. The zero-order valence-electron chi connectivity index (χ0n) is 11.4. The highest BCUT2D eigenvalue weighted by molar-refractivity contribution is 5.96. The number of aliphatic imine (C=N–C) groups is 1. The second-order valence-corrected chi connectivity index (χ2v) is 5.42. The van der Waals surface area contributed by atoms with Gasteiger partial charge in [0, 0.05) is 11.1 Å². The van der Waals surface area contributed by atoms with Gasteiger partial charge in [-0.05, 0) is 38.1 Å². The van der Waals surface area contributed by atoms with E-state index in [1.807, 2.05) is 38.1 Å². The number of ether oxygens (including phenoxy) is 1. The summed E-state index contributed by atoms with van der Waals surface area (Å²) in [6.45, 7) is 4.65. The smallest absolute Gasteiger partial charge is 0.216 e. The van der Waals surface area contributed by atoms with Gasteiger partial charge in [0.1, 0.15) is 12.4 Å². The van der Waals surface area contributed by atoms with Crippen LogP contribution in [0.5, 0.6) is 0 Å². The number of aldehydes is 1. The Morgan fingerprint density at radius 3 is 2.65 bits per heavy atom. The third-order valence-electron chi connectivity index (χ3n) is 3.10. The fourth-order valence-electron chi connectivity index (χ4n) is 2.11. The first kappa shape index (κ1) is 12.7. The van der Waals surface area contributed by atoms with E-state index in [-0.39, 0.29) is 5.54 Å². The maximum absolute atomic E-state index is 10.7. The summed E-state index contributed by atoms with van der Waals surface area (Å²) in [4.78, 5) is 15.2. The van der Waals surface area contributed by atoms with Gasteiger partial charge in [-0.15, -0.1) is 0 Å². The normalized spacial score (nSPS) is 16.6. The van der Waals surface area contributed by atoms with Crippen molar-refractivity contribution in [2.75, 3.05) is 6.61 Å². The molecule has 0 bridgehead atoms. The molecule has 0 amide bonds. The zero-order chi connectivity index (χ0) is 14.2. The van der Waals surface area contributed by atoms with E-state index in [1.165, 1.54) is 0 Å². The molecule has 0 saturated carbocycles. The fraction of sp³-hybridized carbons (Fsp3) is 0.250. The Hall–Kier alpha value is -2.36. The molecule has 0 radical (unpaired) electrons. The fourth-order valence-corrected chi connectivity index (χ4v) is 2.11. The number of rotatable bonds is 3. The summed E-state index contributed by atoms with van der Waals surface area (Å²) < 4.78 is 11.1. The lowest BCUT2D eigenvalue weighted by Gasteiger charge is -2.07. The summed E-state index contributed by atoms with van der Waals surface area (Å²) in [6, 6.07) is 11.2. The summed E-state index contributed by atoms with van der Waals surface area (Å²) in [5.74, 6) is 1.63. The van der Waals surface area contributed by atoms with Crippen molar-refractivity contribution in [2.45, 2.75) is 19.4 Å². The quantitative estimate of drug-likeness (QED) is 0.803. The van der Waals surface area contributed by atoms with Crippen molar-refractivity contribution in [1.29, 1.82) is 0 Å². The van der Waals surface area contributed by atoms with Gasteiger partial charge in [0.2, 0.25) is 5.90 Å². The molecule has 0 fully saturated rings. The molecule has 102 valence electrons. The van der Waals surface area contributed by atoms with Crippen LogP contribution in [0.25, 0.3) is 11.3 Å². The Morgan fingerprint density at radius 1 is 1.20 bits per heavy atom. The third kappa shape index (κ3) is 2.37. The average molecular weight is 269 g/mol. The lowest BCUT2D eigenvalue weighted by atomic mass is 10.1. The number of carbonyl (C=O) groups excluding carboxylic acids is 1. The van der Waals surface area contributed by atoms with Crippen LogP contribution in [0.1, 0.15) is 30.0 Å². The maximum atomic E-state index is 10.7. The predicted molar refractivity (Wildman–Crippen MR) is 76.1 cm³/mol. The van der Waals surface area contributed by atoms with Gasteiger partial charge in [-0.25, -0.2) is 4.99 Å². The highest BCUT2D eigenvalue weighted by Crippen LogP contribution is 2.25. The molecule has 1 aromatic heterocycles. The Bertz CT molecular complexity index is 683. The summed E-state index contributed by atoms with van der Waals surface area (Å²) in [6.07, 6.45) is 0.694. The molecule has 0 aliphatic carbocycles. The van der Waals surface area contributed by atoms with E-state index in [4.69, 9.17) is 9.15 Å². The van der Waals surface area contributed by atoms with Crippen LogP contribution in [-0.4, -0.2) is 24.3 Å². The molecule has 0 atom stereocenters. The maximum Gasteiger partial charge on any atom is 0.216 e. The van der Waals surface area contributed by atoms with Crippen molar-refractivity contribution < 1.29 is 13.9 Å². The summed E-state index contributed by atoms with van der Waals surface area (Å²) in [5.41, 5.74) is 1.63. The molecule has 0 spiro atoms. The monoisotopic (exact) mass is 269 g/mol. The lowest BCUT2D eigenvalue weighted by Crippen LogP contribution is -2.17. The lowest BCUT2D eigenvalue weighted by molar-refractivity contribution is 0.110. The summed E-state index contributed by atoms with van der Waals surface area (Å²) >= 11 is 0. The number of furan rings is 1. The number of benzene rings is 1. The molecule has 3 rings (SSSR count). The first-order valence-electron chi connectivity index (χ1n) is 6.46. The molecule has 4 heteroatoms. The van der Waals surface area contributed by atoms with E-state index < -0.39 is 0 Å². The van der Waals surface area contributed by atoms with Crippen molar-refractivity contribution >= 4 is 12.2 Å². The number of carbonyl (C=O) groups is 1. The number of hydrogen-bond acceptors (Lipinski definition) is 4. The molecule has 0 unspecified atom stereocenters. The van der Waals surface area contributed by atoms with Gasteiger partial charge in [0.25, 0.3) is 0 Å². The molecule has 2 heterocycles. The van der Waals surface area contributed by atoms with Crippen molar-refractivity contribution in [3.63, 3.8) is 0 Å². The average Bonchev–Trinajstić information content (AvgIpc) is 3.05. The molecule has 4 nitrogen and oxygen atoms in total. The van der Waals surface area contributed by atoms with Crippen molar-refractivity contribution in [3.8, 4) is 11.3 Å². The molecule has 1 aliphatic heterocycles. The number of hydrogen-bond donors (Lipinski definition) is 0. The van der Waals surface area contributed by atoms with Crippen LogP contribution >= 0.6 is 0 Å². The Morgan fingerprint density at radius 2 is 2.00 bits per heavy atom. The standard InChI is InChI=1S/C16H15NO3/c1-16(2)10-19-15(17-16)12-5-3-4-11(8-12)14-7-6-13(9-18)20-14/h3-9H,10H2,1-2H3. The van der Waals surface area contributed by atoms with Crippen LogP contribution in [0.3, 0.4) is 0 Å². The largest absolute Gasteiger partial charge is 0.475 e. The number of nitrogens with zero attached hydrogens (tertiary/aromatic N) is 1. The molecular weight excluding hydrogens is 254 g/mol. The predicted octanol–water partition coefficient (Wildman–Crippen LogP) is 3.31. The van der Waals surface area contributed by atoms with Crippen LogP contribution in [-0.2, 0) is 4.74 Å². The van der Waals surface area contributed by atoms with Crippen LogP contribution < -0.4 is 0 Å². The van der Waals surface area contributed by atoms with E-state index in [0.717, 1.165) is 11.1 Å². The van der Waals surface area contributed by atoms with E-state index in [2.05, 4.69) is 4.99 Å². The van der Waals surface area contributed by atoms with Crippen LogP contribution in [0.15, 0.2) is 45.8 Å². The topological polar surface area (TPSA) is 51.8 Å². The van der Waals surface area contributed by atoms with Crippen molar-refractivity contribution in [1.82, 2.24) is 0 Å². The Balaban J connectivity index is 1.96. The van der Waals surface area contributed by atoms with Crippen LogP contribution in [0.2, 0.25) is 0 Å². The van der Waals surface area contributed by atoms with Gasteiger partial charge in [0.15, 0.2) is 12.0 Å². The molecule has 20 heavy (non-hydrogen) atoms. The van der Waals surface area contributed by atoms with Gasteiger partial charge in [0.05, 0.1) is 5.54 Å². The minimum Gasteiger partial charge on any atom is -0.475 e. The van der Waals surface area contributed by atoms with E-state index in [9.17, 15) is 4.79 Å². The van der Waals surface area contributed by atoms with Gasteiger partial charge >= 0.3 is 0 Å². The summed E-state index contributed by atoms with van der Waals surface area (Å²) in [7, 11) is 0. The second kappa shape index (κ2) is 4.63. The van der Waals surface area contributed by atoms with Crippen LogP contribution in [0, 0.1) is 0 Å². The van der Waals surface area contributed by atoms with E-state index in [0.29, 0.717) is 30.3 Å². The highest BCUT2D eigenvalue weighted by Gasteiger charge is 2.27. The Kier molecular flexibility index (Phi) is 2.93. The van der Waals surface area contributed by atoms with Gasteiger partial charge in [-0.1, -0.05) is 12.1 Å². The highest BCUT2D eigenvalue weighted by atomic mass is 16.5. The molecular formula is C16H15NO3. The second-order valence-electron chi connectivity index (χ2n) is 5.42. The van der Waals surface area contributed by atoms with Gasteiger partial charge < -0.3 is 9.15 Å². The van der Waals surface area contributed by atoms with Crippen molar-refractivity contribution in [2.24, 2.45) is 4.99 Å².